The fraction of sp³-hybridized carbons (Fsp3) is 0.444. The van der Waals surface area contributed by atoms with E-state index in [1.165, 1.54) is 33.4 Å². The molecule has 2 aliphatic carbocycles. The summed E-state index contributed by atoms with van der Waals surface area (Å²) in [5, 5.41) is 0. The zero-order chi connectivity index (χ0) is 14.3. The van der Waals surface area contributed by atoms with Gasteiger partial charge in [-0.1, -0.05) is 32.0 Å². The molecule has 2 heteroatoms. The highest BCUT2D eigenvalue weighted by Crippen LogP contribution is 2.41. The van der Waals surface area contributed by atoms with Gasteiger partial charge < -0.3 is 9.47 Å². The highest BCUT2D eigenvalue weighted by atomic mass is 16.7. The Balaban J connectivity index is 2.18. The second kappa shape index (κ2) is 5.19. The van der Waals surface area contributed by atoms with Crippen molar-refractivity contribution >= 4 is 0 Å². The number of hydrogen-bond donors (Lipinski definition) is 0. The van der Waals surface area contributed by atoms with E-state index < -0.39 is 0 Å². The molecule has 20 heavy (non-hydrogen) atoms. The van der Waals surface area contributed by atoms with Crippen LogP contribution < -0.4 is 0 Å². The Morgan fingerprint density at radius 3 is 2.35 bits per heavy atom. The van der Waals surface area contributed by atoms with Crippen molar-refractivity contribution in [2.24, 2.45) is 0 Å². The second-order valence-electron chi connectivity index (χ2n) is 5.96. The molecule has 0 atom stereocenters. The van der Waals surface area contributed by atoms with E-state index >= 15 is 0 Å². The topological polar surface area (TPSA) is 18.5 Å². The molecule has 0 amide bonds. The maximum atomic E-state index is 5.70. The molecule has 3 aliphatic rings. The van der Waals surface area contributed by atoms with Crippen LogP contribution in [0.3, 0.4) is 0 Å². The summed E-state index contributed by atoms with van der Waals surface area (Å²) in [6, 6.07) is 8.99. The quantitative estimate of drug-likeness (QED) is 0.795. The second-order valence-corrected chi connectivity index (χ2v) is 5.96. The average molecular weight is 270 g/mol. The first-order valence-corrected chi connectivity index (χ1v) is 7.35. The number of rotatable bonds is 2. The molecule has 3 rings (SSSR count). The minimum absolute atomic E-state index is 0.199. The van der Waals surface area contributed by atoms with E-state index in [2.05, 4.69) is 52.0 Å². The number of hydrogen-bond acceptors (Lipinski definition) is 2. The van der Waals surface area contributed by atoms with Crippen molar-refractivity contribution in [3.05, 3.63) is 46.5 Å². The predicted molar refractivity (Wildman–Crippen MR) is 81.3 cm³/mol. The van der Waals surface area contributed by atoms with Crippen molar-refractivity contribution in [3.8, 4) is 11.1 Å². The molecule has 0 unspecified atom stereocenters. The van der Waals surface area contributed by atoms with E-state index in [-0.39, 0.29) is 6.29 Å². The molecule has 0 aromatic carbocycles. The lowest BCUT2D eigenvalue weighted by Gasteiger charge is -2.11. The summed E-state index contributed by atoms with van der Waals surface area (Å²) in [6.07, 6.45) is -0.199. The van der Waals surface area contributed by atoms with Crippen LogP contribution in [0.2, 0.25) is 0 Å². The van der Waals surface area contributed by atoms with Gasteiger partial charge in [0.1, 0.15) is 0 Å². The molecule has 2 nitrogen and oxygen atoms in total. The maximum Gasteiger partial charge on any atom is 0.184 e. The minimum Gasteiger partial charge on any atom is -0.346 e. The van der Waals surface area contributed by atoms with Gasteiger partial charge in [-0.15, -0.1) is 0 Å². The van der Waals surface area contributed by atoms with Crippen LogP contribution in [-0.4, -0.2) is 13.2 Å². The number of ether oxygens (including phenoxy) is 2. The molecule has 0 aromatic heterocycles. The molecule has 0 saturated carbocycles. The lowest BCUT2D eigenvalue weighted by Crippen LogP contribution is -1.98. The summed E-state index contributed by atoms with van der Waals surface area (Å²) in [7, 11) is 0. The average Bonchev–Trinajstić information content (AvgIpc) is 2.98. The lowest BCUT2D eigenvalue weighted by atomic mass is 10.0. The van der Waals surface area contributed by atoms with Crippen LogP contribution in [0, 0.1) is 13.8 Å². The highest BCUT2D eigenvalue weighted by Gasteiger charge is 2.26. The van der Waals surface area contributed by atoms with Crippen LogP contribution in [-0.2, 0) is 9.47 Å². The van der Waals surface area contributed by atoms with Crippen LogP contribution in [0.15, 0.2) is 24.3 Å². The molecule has 0 bridgehead atoms. The fourth-order valence-corrected chi connectivity index (χ4v) is 2.96. The Morgan fingerprint density at radius 2 is 1.70 bits per heavy atom. The summed E-state index contributed by atoms with van der Waals surface area (Å²) in [5.74, 6) is 0.529. The predicted octanol–water partition coefficient (Wildman–Crippen LogP) is 4.58. The van der Waals surface area contributed by atoms with Crippen LogP contribution in [0.4, 0.5) is 0 Å². The van der Waals surface area contributed by atoms with Gasteiger partial charge in [0.15, 0.2) is 6.29 Å². The van der Waals surface area contributed by atoms with E-state index in [0.29, 0.717) is 19.1 Å². The summed E-state index contributed by atoms with van der Waals surface area (Å²) in [6.45, 7) is 10.2. The van der Waals surface area contributed by atoms with Crippen LogP contribution in [0.1, 0.15) is 48.3 Å². The first kappa shape index (κ1) is 13.6. The maximum absolute atomic E-state index is 5.70. The smallest absolute Gasteiger partial charge is 0.184 e. The molecule has 0 aromatic rings. The van der Waals surface area contributed by atoms with Crippen molar-refractivity contribution in [2.75, 3.05) is 13.2 Å². The molecule has 1 aliphatic heterocycles. The van der Waals surface area contributed by atoms with E-state index in [1.807, 2.05) is 0 Å². The monoisotopic (exact) mass is 270 g/mol. The Hall–Kier alpha value is -1.38. The zero-order valence-electron chi connectivity index (χ0n) is 12.7. The van der Waals surface area contributed by atoms with E-state index in [1.54, 1.807) is 0 Å². The third-order valence-electron chi connectivity index (χ3n) is 4.13. The van der Waals surface area contributed by atoms with Gasteiger partial charge in [0.25, 0.3) is 0 Å². The lowest BCUT2D eigenvalue weighted by molar-refractivity contribution is -0.0435. The van der Waals surface area contributed by atoms with Crippen molar-refractivity contribution in [1.29, 1.82) is 0 Å². The van der Waals surface area contributed by atoms with Crippen molar-refractivity contribution in [1.82, 2.24) is 0 Å². The van der Waals surface area contributed by atoms with Gasteiger partial charge in [-0.25, -0.2) is 0 Å². The number of aryl methyl sites for hydroxylation is 2. The van der Waals surface area contributed by atoms with Gasteiger partial charge in [0.05, 0.1) is 13.2 Å². The van der Waals surface area contributed by atoms with Gasteiger partial charge in [-0.05, 0) is 53.6 Å². The van der Waals surface area contributed by atoms with E-state index in [9.17, 15) is 0 Å². The van der Waals surface area contributed by atoms with Crippen LogP contribution >= 0.6 is 0 Å². The van der Waals surface area contributed by atoms with E-state index in [0.717, 1.165) is 0 Å². The van der Waals surface area contributed by atoms with Gasteiger partial charge >= 0.3 is 0 Å². The molecule has 1 saturated heterocycles. The molecular formula is C18H22O2. The van der Waals surface area contributed by atoms with E-state index in [4.69, 9.17) is 9.47 Å². The Labute approximate surface area is 121 Å². The summed E-state index contributed by atoms with van der Waals surface area (Å²) in [5.41, 5.74) is 7.76. The van der Waals surface area contributed by atoms with Gasteiger partial charge in [0, 0.05) is 5.56 Å². The molecule has 0 N–H and O–H groups in total. The third kappa shape index (κ3) is 2.23. The number of fused-ring (bicyclic) bond motifs is 1. The minimum atomic E-state index is -0.199. The highest BCUT2D eigenvalue weighted by molar-refractivity contribution is 5.78. The normalized spacial score (nSPS) is 16.4. The van der Waals surface area contributed by atoms with Crippen LogP contribution in [0.25, 0.3) is 11.1 Å². The molecule has 106 valence electrons. The standard InChI is InChI=1S/C18H22O2/c1-11(2)14-6-5-12(3)17-15(10-14)13(4)9-16(17)18-19-7-8-20-18/h5-6,9-11,18H,7-8H2,1-4H3. The van der Waals surface area contributed by atoms with Crippen LogP contribution in [0.5, 0.6) is 0 Å². The molecular weight excluding hydrogens is 248 g/mol. The molecule has 1 fully saturated rings. The Bertz CT molecular complexity index is 595. The SMILES string of the molecule is Cc1cc(C2OCCO2)c2c(C)ccc(C(C)C)cc1-2. The van der Waals surface area contributed by atoms with Crippen molar-refractivity contribution in [3.63, 3.8) is 0 Å². The first-order chi connectivity index (χ1) is 9.58. The summed E-state index contributed by atoms with van der Waals surface area (Å²) in [4.78, 5) is 0. The first-order valence-electron chi connectivity index (χ1n) is 7.35. The van der Waals surface area contributed by atoms with Gasteiger partial charge in [0.2, 0.25) is 0 Å². The third-order valence-corrected chi connectivity index (χ3v) is 4.13. The largest absolute Gasteiger partial charge is 0.346 e. The summed E-state index contributed by atoms with van der Waals surface area (Å²) >= 11 is 0. The molecule has 0 spiro atoms. The van der Waals surface area contributed by atoms with Gasteiger partial charge in [-0.2, -0.15) is 0 Å². The van der Waals surface area contributed by atoms with Gasteiger partial charge in [-0.3, -0.25) is 0 Å². The summed E-state index contributed by atoms with van der Waals surface area (Å²) < 4.78 is 11.4. The zero-order valence-corrected chi connectivity index (χ0v) is 12.7. The van der Waals surface area contributed by atoms with Crippen molar-refractivity contribution in [2.45, 2.75) is 39.9 Å². The van der Waals surface area contributed by atoms with Crippen molar-refractivity contribution < 1.29 is 9.47 Å². The fourth-order valence-electron chi connectivity index (χ4n) is 2.96. The molecule has 0 radical (unpaired) electrons. The molecule has 1 heterocycles. The Kier molecular flexibility index (Phi) is 3.53. The Morgan fingerprint density at radius 1 is 1.00 bits per heavy atom.